The molecule has 1 aromatic rings. The highest BCUT2D eigenvalue weighted by Gasteiger charge is 2.23. The molecule has 0 aromatic heterocycles. The fourth-order valence-electron chi connectivity index (χ4n) is 2.34. The summed E-state index contributed by atoms with van der Waals surface area (Å²) in [4.78, 5) is 13.9. The molecule has 1 aromatic carbocycles. The minimum absolute atomic E-state index is 0.242. The summed E-state index contributed by atoms with van der Waals surface area (Å²) in [6, 6.07) is 6.00. The van der Waals surface area contributed by atoms with Crippen LogP contribution in [0.5, 0.6) is 0 Å². The Hall–Kier alpha value is -1.35. The summed E-state index contributed by atoms with van der Waals surface area (Å²) in [6.45, 7) is 5.28. The maximum Gasteiger partial charge on any atom is 0.223 e. The lowest BCUT2D eigenvalue weighted by molar-refractivity contribution is -0.131. The summed E-state index contributed by atoms with van der Waals surface area (Å²) < 4.78 is 0. The van der Waals surface area contributed by atoms with Gasteiger partial charge in [0.05, 0.1) is 6.10 Å². The number of carbonyl (C=O) groups is 1. The average molecular weight is 247 g/mol. The van der Waals surface area contributed by atoms with E-state index >= 15 is 0 Å². The van der Waals surface area contributed by atoms with Gasteiger partial charge in [0.25, 0.3) is 0 Å². The van der Waals surface area contributed by atoms with Crippen LogP contribution in [-0.4, -0.2) is 15.9 Å². The van der Waals surface area contributed by atoms with Crippen molar-refractivity contribution in [1.82, 2.24) is 4.90 Å². The predicted molar refractivity (Wildman–Crippen MR) is 70.9 cm³/mol. The summed E-state index contributed by atoms with van der Waals surface area (Å²) in [7, 11) is 0. The minimum Gasteiger partial charge on any atom is -0.389 e. The number of amides is 1. The number of hydrogen-bond acceptors (Lipinski definition) is 2. The maximum absolute atomic E-state index is 12.0. The zero-order valence-electron chi connectivity index (χ0n) is 11.1. The van der Waals surface area contributed by atoms with Crippen molar-refractivity contribution in [3.8, 4) is 0 Å². The van der Waals surface area contributed by atoms with Gasteiger partial charge in [-0.2, -0.15) is 0 Å². The van der Waals surface area contributed by atoms with Gasteiger partial charge in [-0.05, 0) is 30.0 Å². The first-order chi connectivity index (χ1) is 8.61. The third kappa shape index (κ3) is 2.72. The molecule has 0 radical (unpaired) electrons. The molecule has 3 heteroatoms. The number of aliphatic hydroxyl groups excluding tert-OH is 1. The Balaban J connectivity index is 2.06. The highest BCUT2D eigenvalue weighted by molar-refractivity contribution is 5.77. The van der Waals surface area contributed by atoms with E-state index in [-0.39, 0.29) is 5.91 Å². The molecule has 1 aliphatic heterocycles. The van der Waals surface area contributed by atoms with Crippen molar-refractivity contribution in [3.05, 3.63) is 34.9 Å². The van der Waals surface area contributed by atoms with Crippen LogP contribution in [0, 0.1) is 0 Å². The topological polar surface area (TPSA) is 40.5 Å². The summed E-state index contributed by atoms with van der Waals surface area (Å²) in [6.07, 6.45) is 2.22. The molecule has 0 fully saturated rings. The van der Waals surface area contributed by atoms with Gasteiger partial charge in [0.1, 0.15) is 0 Å². The number of carbonyl (C=O) groups excluding carboxylic acids is 1. The van der Waals surface area contributed by atoms with E-state index in [1.165, 1.54) is 11.1 Å². The van der Waals surface area contributed by atoms with Crippen LogP contribution in [0.2, 0.25) is 0 Å². The van der Waals surface area contributed by atoms with Crippen LogP contribution in [-0.2, 0) is 17.9 Å². The Labute approximate surface area is 108 Å². The molecule has 1 unspecified atom stereocenters. The van der Waals surface area contributed by atoms with Gasteiger partial charge in [0.15, 0.2) is 0 Å². The standard InChI is InChI=1S/C15H21NO2/c1-3-4-5-15(18)16-9-13-7-6-12(11(2)17)8-14(13)10-16/h6-8,11,17H,3-5,9-10H2,1-2H3. The molecular formula is C15H21NO2. The molecule has 0 spiro atoms. The van der Waals surface area contributed by atoms with Crippen LogP contribution in [0.15, 0.2) is 18.2 Å². The van der Waals surface area contributed by atoms with E-state index < -0.39 is 6.10 Å². The molecule has 0 saturated heterocycles. The number of aliphatic hydroxyl groups is 1. The van der Waals surface area contributed by atoms with Crippen LogP contribution < -0.4 is 0 Å². The zero-order valence-corrected chi connectivity index (χ0v) is 11.1. The van der Waals surface area contributed by atoms with Crippen molar-refractivity contribution in [2.24, 2.45) is 0 Å². The van der Waals surface area contributed by atoms with E-state index in [1.54, 1.807) is 6.92 Å². The summed E-state index contributed by atoms with van der Waals surface area (Å²) >= 11 is 0. The van der Waals surface area contributed by atoms with Gasteiger partial charge in [0.2, 0.25) is 5.91 Å². The molecule has 1 amide bonds. The summed E-state index contributed by atoms with van der Waals surface area (Å²) in [5.41, 5.74) is 3.32. The second-order valence-corrected chi connectivity index (χ2v) is 5.06. The summed E-state index contributed by atoms with van der Waals surface area (Å²) in [5.74, 6) is 0.242. The molecule has 2 rings (SSSR count). The molecule has 3 nitrogen and oxygen atoms in total. The molecule has 98 valence electrons. The number of rotatable bonds is 4. The van der Waals surface area contributed by atoms with Crippen molar-refractivity contribution in [2.45, 2.75) is 52.3 Å². The van der Waals surface area contributed by atoms with E-state index in [0.29, 0.717) is 13.0 Å². The molecule has 1 N–H and O–H groups in total. The van der Waals surface area contributed by atoms with Gasteiger partial charge in [0, 0.05) is 19.5 Å². The van der Waals surface area contributed by atoms with Gasteiger partial charge in [-0.3, -0.25) is 4.79 Å². The van der Waals surface area contributed by atoms with E-state index in [2.05, 4.69) is 6.92 Å². The van der Waals surface area contributed by atoms with E-state index in [4.69, 9.17) is 0 Å². The molecule has 0 aliphatic carbocycles. The third-order valence-electron chi connectivity index (χ3n) is 3.53. The van der Waals surface area contributed by atoms with E-state index in [9.17, 15) is 9.90 Å². The number of hydrogen-bond donors (Lipinski definition) is 1. The van der Waals surface area contributed by atoms with Gasteiger partial charge in [-0.15, -0.1) is 0 Å². The maximum atomic E-state index is 12.0. The van der Waals surface area contributed by atoms with Gasteiger partial charge in [-0.1, -0.05) is 31.5 Å². The van der Waals surface area contributed by atoms with Crippen molar-refractivity contribution in [1.29, 1.82) is 0 Å². The van der Waals surface area contributed by atoms with Crippen LogP contribution in [0.4, 0.5) is 0 Å². The average Bonchev–Trinajstić information content (AvgIpc) is 2.78. The molecule has 1 heterocycles. The smallest absolute Gasteiger partial charge is 0.223 e. The Morgan fingerprint density at radius 2 is 2.11 bits per heavy atom. The van der Waals surface area contributed by atoms with Crippen molar-refractivity contribution in [3.63, 3.8) is 0 Å². The van der Waals surface area contributed by atoms with Crippen LogP contribution >= 0.6 is 0 Å². The fourth-order valence-corrected chi connectivity index (χ4v) is 2.34. The fraction of sp³-hybridized carbons (Fsp3) is 0.533. The molecular weight excluding hydrogens is 226 g/mol. The monoisotopic (exact) mass is 247 g/mol. The highest BCUT2D eigenvalue weighted by atomic mass is 16.3. The SMILES string of the molecule is CCCCC(=O)N1Cc2ccc(C(C)O)cc2C1. The molecule has 18 heavy (non-hydrogen) atoms. The van der Waals surface area contributed by atoms with Crippen molar-refractivity contribution < 1.29 is 9.90 Å². The van der Waals surface area contributed by atoms with Crippen LogP contribution in [0.25, 0.3) is 0 Å². The molecule has 1 aliphatic rings. The number of benzene rings is 1. The Bertz CT molecular complexity index is 440. The largest absolute Gasteiger partial charge is 0.389 e. The summed E-state index contributed by atoms with van der Waals surface area (Å²) in [5, 5.41) is 9.57. The Morgan fingerprint density at radius 3 is 2.78 bits per heavy atom. The van der Waals surface area contributed by atoms with Crippen LogP contribution in [0.3, 0.4) is 0 Å². The molecule has 1 atom stereocenters. The second-order valence-electron chi connectivity index (χ2n) is 5.06. The Morgan fingerprint density at radius 1 is 1.39 bits per heavy atom. The first-order valence-electron chi connectivity index (χ1n) is 6.69. The number of fused-ring (bicyclic) bond motifs is 1. The number of nitrogens with zero attached hydrogens (tertiary/aromatic N) is 1. The highest BCUT2D eigenvalue weighted by Crippen LogP contribution is 2.26. The minimum atomic E-state index is -0.444. The lowest BCUT2D eigenvalue weighted by atomic mass is 10.0. The third-order valence-corrected chi connectivity index (χ3v) is 3.53. The van der Waals surface area contributed by atoms with E-state index in [1.807, 2.05) is 23.1 Å². The van der Waals surface area contributed by atoms with Gasteiger partial charge in [-0.25, -0.2) is 0 Å². The lowest BCUT2D eigenvalue weighted by Crippen LogP contribution is -2.24. The Kier molecular flexibility index (Phi) is 4.02. The molecule has 0 bridgehead atoms. The number of unbranched alkanes of at least 4 members (excludes halogenated alkanes) is 1. The molecule has 0 saturated carbocycles. The van der Waals surface area contributed by atoms with Crippen LogP contribution in [0.1, 0.15) is 55.9 Å². The predicted octanol–water partition coefficient (Wildman–Crippen LogP) is 2.77. The quantitative estimate of drug-likeness (QED) is 0.888. The first kappa shape index (κ1) is 13.1. The zero-order chi connectivity index (χ0) is 13.1. The normalized spacial score (nSPS) is 15.6. The second kappa shape index (κ2) is 5.53. The van der Waals surface area contributed by atoms with Gasteiger partial charge >= 0.3 is 0 Å². The van der Waals surface area contributed by atoms with Crippen molar-refractivity contribution in [2.75, 3.05) is 0 Å². The van der Waals surface area contributed by atoms with E-state index in [0.717, 1.165) is 24.9 Å². The lowest BCUT2D eigenvalue weighted by Gasteiger charge is -2.14. The van der Waals surface area contributed by atoms with Gasteiger partial charge < -0.3 is 10.0 Å². The first-order valence-corrected chi connectivity index (χ1v) is 6.69. The van der Waals surface area contributed by atoms with Crippen molar-refractivity contribution >= 4 is 5.91 Å².